The second-order valence-corrected chi connectivity index (χ2v) is 7.87. The van der Waals surface area contributed by atoms with Crippen LogP contribution < -0.4 is 10.6 Å². The Balaban J connectivity index is 0.00000208. The Morgan fingerprint density at radius 2 is 1.75 bits per heavy atom. The Bertz CT molecular complexity index is 526. The molecule has 0 radical (unpaired) electrons. The van der Waals surface area contributed by atoms with E-state index in [9.17, 15) is 0 Å². The number of thioether (sulfide) groups is 1. The third kappa shape index (κ3) is 5.59. The van der Waals surface area contributed by atoms with E-state index in [4.69, 9.17) is 17.3 Å². The standard InChI is InChI=1S/C17H25ClN4S.HI/c18-15-1-3-16(4-2-15)21-7-9-22(10-8-21)17(19)20-13-14-5-11-23-12-6-14;/h1-4,14H,5-13H2,(H2,19,20);1H. The van der Waals surface area contributed by atoms with E-state index in [-0.39, 0.29) is 24.0 Å². The Morgan fingerprint density at radius 1 is 1.12 bits per heavy atom. The number of piperazine rings is 1. The average Bonchev–Trinajstić information content (AvgIpc) is 2.61. The summed E-state index contributed by atoms with van der Waals surface area (Å²) in [4.78, 5) is 9.24. The number of aliphatic imine (C=N–C) groups is 1. The third-order valence-electron chi connectivity index (χ3n) is 4.65. The lowest BCUT2D eigenvalue weighted by molar-refractivity contribution is 0.378. The van der Waals surface area contributed by atoms with Crippen LogP contribution in [0, 0.1) is 5.92 Å². The van der Waals surface area contributed by atoms with Gasteiger partial charge in [-0.15, -0.1) is 24.0 Å². The van der Waals surface area contributed by atoms with Gasteiger partial charge in [0, 0.05) is 43.4 Å². The van der Waals surface area contributed by atoms with E-state index >= 15 is 0 Å². The highest BCUT2D eigenvalue weighted by Gasteiger charge is 2.19. The first-order valence-corrected chi connectivity index (χ1v) is 9.89. The zero-order chi connectivity index (χ0) is 16.1. The van der Waals surface area contributed by atoms with Crippen LogP contribution in [0.2, 0.25) is 5.02 Å². The van der Waals surface area contributed by atoms with Crippen LogP contribution in [0.4, 0.5) is 5.69 Å². The number of hydrogen-bond acceptors (Lipinski definition) is 3. The molecule has 1 aromatic carbocycles. The van der Waals surface area contributed by atoms with Gasteiger partial charge in [-0.3, -0.25) is 4.99 Å². The summed E-state index contributed by atoms with van der Waals surface area (Å²) in [6.45, 7) is 4.69. The lowest BCUT2D eigenvalue weighted by Crippen LogP contribution is -2.51. The van der Waals surface area contributed by atoms with Crippen LogP contribution in [0.15, 0.2) is 29.3 Å². The molecule has 2 fully saturated rings. The van der Waals surface area contributed by atoms with Crippen molar-refractivity contribution in [2.75, 3.05) is 49.1 Å². The summed E-state index contributed by atoms with van der Waals surface area (Å²) in [5.74, 6) is 4.00. The van der Waals surface area contributed by atoms with E-state index in [1.807, 2.05) is 12.1 Å². The summed E-state index contributed by atoms with van der Waals surface area (Å²) in [6.07, 6.45) is 2.57. The van der Waals surface area contributed by atoms with Crippen molar-refractivity contribution in [1.82, 2.24) is 4.90 Å². The molecule has 0 atom stereocenters. The molecule has 24 heavy (non-hydrogen) atoms. The molecule has 2 saturated heterocycles. The summed E-state index contributed by atoms with van der Waals surface area (Å²) in [6, 6.07) is 8.05. The highest BCUT2D eigenvalue weighted by Crippen LogP contribution is 2.23. The van der Waals surface area contributed by atoms with Gasteiger partial charge in [0.05, 0.1) is 0 Å². The molecule has 0 spiro atoms. The topological polar surface area (TPSA) is 44.9 Å². The number of rotatable bonds is 3. The first-order valence-electron chi connectivity index (χ1n) is 8.35. The number of guanidine groups is 1. The molecule has 0 aromatic heterocycles. The van der Waals surface area contributed by atoms with Gasteiger partial charge in [-0.1, -0.05) is 11.6 Å². The van der Waals surface area contributed by atoms with E-state index in [2.05, 4.69) is 38.7 Å². The van der Waals surface area contributed by atoms with Crippen molar-refractivity contribution in [2.24, 2.45) is 16.6 Å². The van der Waals surface area contributed by atoms with Gasteiger partial charge in [-0.25, -0.2) is 0 Å². The smallest absolute Gasteiger partial charge is 0.191 e. The van der Waals surface area contributed by atoms with Gasteiger partial charge in [0.1, 0.15) is 0 Å². The molecule has 0 aliphatic carbocycles. The Morgan fingerprint density at radius 3 is 2.38 bits per heavy atom. The fourth-order valence-corrected chi connectivity index (χ4v) is 4.43. The zero-order valence-corrected chi connectivity index (χ0v) is 17.8. The monoisotopic (exact) mass is 480 g/mol. The highest BCUT2D eigenvalue weighted by molar-refractivity contribution is 14.0. The molecule has 2 aliphatic rings. The molecule has 0 saturated carbocycles. The summed E-state index contributed by atoms with van der Waals surface area (Å²) in [7, 11) is 0. The number of nitrogens with two attached hydrogens (primary N) is 1. The minimum atomic E-state index is 0. The molecule has 0 unspecified atom stereocenters. The normalized spacial score (nSPS) is 20.0. The maximum absolute atomic E-state index is 6.20. The fourth-order valence-electron chi connectivity index (χ4n) is 3.10. The first-order chi connectivity index (χ1) is 11.2. The minimum absolute atomic E-state index is 0. The number of anilines is 1. The van der Waals surface area contributed by atoms with Gasteiger partial charge in [0.15, 0.2) is 5.96 Å². The van der Waals surface area contributed by atoms with Crippen molar-refractivity contribution >= 4 is 59.0 Å². The molecule has 4 nitrogen and oxygen atoms in total. The summed E-state index contributed by atoms with van der Waals surface area (Å²) >= 11 is 8.01. The van der Waals surface area contributed by atoms with Crippen LogP contribution in [0.5, 0.6) is 0 Å². The summed E-state index contributed by atoms with van der Waals surface area (Å²) in [5, 5.41) is 0.782. The lowest BCUT2D eigenvalue weighted by atomic mass is 10.0. The van der Waals surface area contributed by atoms with Crippen LogP contribution in [-0.2, 0) is 0 Å². The van der Waals surface area contributed by atoms with E-state index in [0.29, 0.717) is 0 Å². The van der Waals surface area contributed by atoms with Crippen LogP contribution in [0.1, 0.15) is 12.8 Å². The molecule has 1 aromatic rings. The van der Waals surface area contributed by atoms with Gasteiger partial charge in [-0.2, -0.15) is 11.8 Å². The molecule has 2 aliphatic heterocycles. The maximum atomic E-state index is 6.20. The second-order valence-electron chi connectivity index (χ2n) is 6.21. The molecule has 2 heterocycles. The van der Waals surface area contributed by atoms with Gasteiger partial charge in [0.2, 0.25) is 0 Å². The quantitative estimate of drug-likeness (QED) is 0.408. The molecule has 0 bridgehead atoms. The largest absolute Gasteiger partial charge is 0.370 e. The van der Waals surface area contributed by atoms with Gasteiger partial charge in [0.25, 0.3) is 0 Å². The van der Waals surface area contributed by atoms with Crippen LogP contribution in [0.25, 0.3) is 0 Å². The number of halogens is 2. The predicted octanol–water partition coefficient (Wildman–Crippen LogP) is 3.54. The van der Waals surface area contributed by atoms with Crippen molar-refractivity contribution in [2.45, 2.75) is 12.8 Å². The van der Waals surface area contributed by atoms with E-state index in [1.165, 1.54) is 30.0 Å². The van der Waals surface area contributed by atoms with Crippen molar-refractivity contribution in [3.05, 3.63) is 29.3 Å². The van der Waals surface area contributed by atoms with Crippen molar-refractivity contribution in [3.63, 3.8) is 0 Å². The third-order valence-corrected chi connectivity index (χ3v) is 5.95. The van der Waals surface area contributed by atoms with Crippen LogP contribution in [0.3, 0.4) is 0 Å². The Hall–Kier alpha value is -0.340. The molecular formula is C17H26ClIN4S. The van der Waals surface area contributed by atoms with E-state index < -0.39 is 0 Å². The summed E-state index contributed by atoms with van der Waals surface area (Å²) in [5.41, 5.74) is 7.43. The van der Waals surface area contributed by atoms with Gasteiger partial charge >= 0.3 is 0 Å². The molecule has 2 N–H and O–H groups in total. The second kappa shape index (κ2) is 9.97. The number of benzene rings is 1. The summed E-state index contributed by atoms with van der Waals surface area (Å²) < 4.78 is 0. The van der Waals surface area contributed by atoms with Crippen LogP contribution >= 0.6 is 47.3 Å². The highest BCUT2D eigenvalue weighted by atomic mass is 127. The maximum Gasteiger partial charge on any atom is 0.191 e. The van der Waals surface area contributed by atoms with Gasteiger partial charge < -0.3 is 15.5 Å². The number of nitrogens with zero attached hydrogens (tertiary/aromatic N) is 3. The first kappa shape index (κ1) is 20.0. The molecule has 3 rings (SSSR count). The Kier molecular flexibility index (Phi) is 8.30. The molecule has 0 amide bonds. The van der Waals surface area contributed by atoms with Gasteiger partial charge in [-0.05, 0) is 54.5 Å². The number of hydrogen-bond donors (Lipinski definition) is 1. The van der Waals surface area contributed by atoms with E-state index in [0.717, 1.165) is 49.6 Å². The molecule has 134 valence electrons. The zero-order valence-electron chi connectivity index (χ0n) is 13.9. The average molecular weight is 481 g/mol. The Labute approximate surface area is 171 Å². The minimum Gasteiger partial charge on any atom is -0.370 e. The SMILES string of the molecule is I.NC(=NCC1CCSCC1)N1CCN(c2ccc(Cl)cc2)CC1. The van der Waals surface area contributed by atoms with Crippen molar-refractivity contribution in [1.29, 1.82) is 0 Å². The molecular weight excluding hydrogens is 455 g/mol. The van der Waals surface area contributed by atoms with E-state index in [1.54, 1.807) is 0 Å². The van der Waals surface area contributed by atoms with Crippen molar-refractivity contribution in [3.8, 4) is 0 Å². The van der Waals surface area contributed by atoms with Crippen molar-refractivity contribution < 1.29 is 0 Å². The predicted molar refractivity (Wildman–Crippen MR) is 117 cm³/mol. The molecule has 7 heteroatoms. The fraction of sp³-hybridized carbons (Fsp3) is 0.588. The van der Waals surface area contributed by atoms with Crippen LogP contribution in [-0.4, -0.2) is 55.1 Å². The lowest BCUT2D eigenvalue weighted by Gasteiger charge is -2.36.